The van der Waals surface area contributed by atoms with Gasteiger partial charge in [-0.2, -0.15) is 0 Å². The first-order valence-electron chi connectivity index (χ1n) is 5.38. The van der Waals surface area contributed by atoms with Crippen LogP contribution in [0.2, 0.25) is 0 Å². The minimum atomic E-state index is 0.285. The summed E-state index contributed by atoms with van der Waals surface area (Å²) in [7, 11) is 0. The van der Waals surface area contributed by atoms with Gasteiger partial charge in [0, 0.05) is 6.61 Å². The molecule has 0 heterocycles. The monoisotopic (exact) mass is 262 g/mol. The van der Waals surface area contributed by atoms with Crippen LogP contribution in [-0.4, -0.2) is 25.9 Å². The van der Waals surface area contributed by atoms with Crippen molar-refractivity contribution in [2.24, 2.45) is 0 Å². The maximum Gasteiger partial charge on any atom is 0.0767 e. The molecule has 1 aliphatic rings. The van der Waals surface area contributed by atoms with Crippen molar-refractivity contribution in [3.63, 3.8) is 0 Å². The van der Waals surface area contributed by atoms with Crippen molar-refractivity contribution in [2.75, 3.05) is 19.8 Å². The quantitative estimate of drug-likeness (QED) is 0.709. The highest BCUT2D eigenvalue weighted by Crippen LogP contribution is 2.23. The van der Waals surface area contributed by atoms with E-state index in [0.29, 0.717) is 13.2 Å². The zero-order valence-electron chi connectivity index (χ0n) is 8.80. The molecule has 0 radical (unpaired) electrons. The molecule has 1 unspecified atom stereocenters. The third kappa shape index (κ3) is 5.13. The van der Waals surface area contributed by atoms with E-state index < -0.39 is 0 Å². The van der Waals surface area contributed by atoms with Gasteiger partial charge < -0.3 is 9.47 Å². The Morgan fingerprint density at radius 1 is 1.43 bits per heavy atom. The Bertz CT molecular complexity index is 180. The van der Waals surface area contributed by atoms with E-state index in [1.54, 1.807) is 0 Å². The van der Waals surface area contributed by atoms with Gasteiger partial charge in [-0.05, 0) is 36.7 Å². The molecule has 0 fully saturated rings. The minimum absolute atomic E-state index is 0.285. The summed E-state index contributed by atoms with van der Waals surface area (Å²) >= 11 is 3.55. The number of hydrogen-bond donors (Lipinski definition) is 0. The molecule has 14 heavy (non-hydrogen) atoms. The summed E-state index contributed by atoms with van der Waals surface area (Å²) in [4.78, 5) is 0. The normalized spacial score (nSPS) is 23.0. The van der Waals surface area contributed by atoms with Crippen LogP contribution in [-0.2, 0) is 9.47 Å². The molecule has 82 valence electrons. The summed E-state index contributed by atoms with van der Waals surface area (Å²) < 4.78 is 12.2. The molecule has 2 nitrogen and oxygen atoms in total. The van der Waals surface area contributed by atoms with E-state index in [2.05, 4.69) is 22.0 Å². The fourth-order valence-corrected chi connectivity index (χ4v) is 2.12. The molecular weight excluding hydrogens is 244 g/mol. The summed E-state index contributed by atoms with van der Waals surface area (Å²) in [5.41, 5.74) is 0. The highest BCUT2D eigenvalue weighted by atomic mass is 79.9. The molecular formula is C11H19BrO2. The fraction of sp³-hybridized carbons (Fsp3) is 0.818. The van der Waals surface area contributed by atoms with Gasteiger partial charge in [0.2, 0.25) is 0 Å². The first kappa shape index (κ1) is 12.2. The SMILES string of the molecule is CCOCCOC1C=C(Br)CCCC1. The van der Waals surface area contributed by atoms with Crippen molar-refractivity contribution >= 4 is 15.9 Å². The second kappa shape index (κ2) is 7.43. The summed E-state index contributed by atoms with van der Waals surface area (Å²) in [6.45, 7) is 4.18. The Hall–Kier alpha value is 0.140. The summed E-state index contributed by atoms with van der Waals surface area (Å²) in [6.07, 6.45) is 7.30. The Balaban J connectivity index is 2.18. The summed E-state index contributed by atoms with van der Waals surface area (Å²) in [5.74, 6) is 0. The van der Waals surface area contributed by atoms with Gasteiger partial charge in [0.15, 0.2) is 0 Å². The van der Waals surface area contributed by atoms with E-state index >= 15 is 0 Å². The highest BCUT2D eigenvalue weighted by Gasteiger charge is 2.10. The van der Waals surface area contributed by atoms with Crippen molar-refractivity contribution in [1.29, 1.82) is 0 Å². The molecule has 0 saturated heterocycles. The molecule has 0 aromatic heterocycles. The Labute approximate surface area is 94.8 Å². The molecule has 0 aromatic carbocycles. The predicted octanol–water partition coefficient (Wildman–Crippen LogP) is 3.26. The lowest BCUT2D eigenvalue weighted by atomic mass is 10.2. The van der Waals surface area contributed by atoms with Crippen LogP contribution in [0.3, 0.4) is 0 Å². The smallest absolute Gasteiger partial charge is 0.0767 e. The highest BCUT2D eigenvalue weighted by molar-refractivity contribution is 9.11. The zero-order chi connectivity index (χ0) is 10.2. The first-order valence-corrected chi connectivity index (χ1v) is 6.17. The molecule has 0 N–H and O–H groups in total. The summed E-state index contributed by atoms with van der Waals surface area (Å²) in [5, 5.41) is 0. The molecule has 0 bridgehead atoms. The number of halogens is 1. The third-order valence-corrected chi connectivity index (χ3v) is 2.95. The zero-order valence-corrected chi connectivity index (χ0v) is 10.4. The lowest BCUT2D eigenvalue weighted by Crippen LogP contribution is -2.13. The first-order chi connectivity index (χ1) is 6.83. The lowest BCUT2D eigenvalue weighted by molar-refractivity contribution is 0.0237. The second-order valence-electron chi connectivity index (χ2n) is 3.47. The van der Waals surface area contributed by atoms with Crippen LogP contribution in [0.5, 0.6) is 0 Å². The molecule has 0 aromatic rings. The van der Waals surface area contributed by atoms with E-state index in [-0.39, 0.29) is 6.10 Å². The molecule has 3 heteroatoms. The number of ether oxygens (including phenoxy) is 2. The van der Waals surface area contributed by atoms with Gasteiger partial charge in [-0.15, -0.1) is 0 Å². The van der Waals surface area contributed by atoms with Crippen LogP contribution in [0.25, 0.3) is 0 Å². The van der Waals surface area contributed by atoms with Crippen LogP contribution in [0.15, 0.2) is 10.6 Å². The van der Waals surface area contributed by atoms with Crippen LogP contribution in [0.4, 0.5) is 0 Å². The average Bonchev–Trinajstić information content (AvgIpc) is 2.38. The van der Waals surface area contributed by atoms with E-state index in [4.69, 9.17) is 9.47 Å². The van der Waals surface area contributed by atoms with Crippen molar-refractivity contribution in [1.82, 2.24) is 0 Å². The standard InChI is InChI=1S/C11H19BrO2/c1-2-13-7-8-14-11-6-4-3-5-10(12)9-11/h9,11H,2-8H2,1H3. The molecule has 0 saturated carbocycles. The van der Waals surface area contributed by atoms with E-state index in [1.807, 2.05) is 6.92 Å². The molecule has 1 atom stereocenters. The van der Waals surface area contributed by atoms with E-state index in [1.165, 1.54) is 17.3 Å². The number of allylic oxidation sites excluding steroid dienone is 1. The van der Waals surface area contributed by atoms with Crippen LogP contribution in [0, 0.1) is 0 Å². The molecule has 0 amide bonds. The lowest BCUT2D eigenvalue weighted by Gasteiger charge is -2.12. The van der Waals surface area contributed by atoms with Crippen LogP contribution in [0.1, 0.15) is 32.6 Å². The Morgan fingerprint density at radius 2 is 2.29 bits per heavy atom. The summed E-state index contributed by atoms with van der Waals surface area (Å²) in [6, 6.07) is 0. The maximum absolute atomic E-state index is 5.70. The fourth-order valence-electron chi connectivity index (χ4n) is 1.54. The topological polar surface area (TPSA) is 18.5 Å². The molecule has 1 aliphatic carbocycles. The Morgan fingerprint density at radius 3 is 3.07 bits per heavy atom. The van der Waals surface area contributed by atoms with Crippen molar-refractivity contribution in [3.8, 4) is 0 Å². The number of rotatable bonds is 5. The van der Waals surface area contributed by atoms with Crippen molar-refractivity contribution < 1.29 is 9.47 Å². The average molecular weight is 263 g/mol. The van der Waals surface area contributed by atoms with Gasteiger partial charge in [-0.3, -0.25) is 0 Å². The van der Waals surface area contributed by atoms with Crippen LogP contribution < -0.4 is 0 Å². The van der Waals surface area contributed by atoms with Crippen molar-refractivity contribution in [3.05, 3.63) is 10.6 Å². The van der Waals surface area contributed by atoms with Crippen molar-refractivity contribution in [2.45, 2.75) is 38.7 Å². The Kier molecular flexibility index (Phi) is 6.48. The van der Waals surface area contributed by atoms with Gasteiger partial charge in [0.1, 0.15) is 0 Å². The predicted molar refractivity (Wildman–Crippen MR) is 61.7 cm³/mol. The molecule has 0 aliphatic heterocycles. The second-order valence-corrected chi connectivity index (χ2v) is 4.48. The molecule has 1 rings (SSSR count). The minimum Gasteiger partial charge on any atom is -0.379 e. The third-order valence-electron chi connectivity index (χ3n) is 2.28. The maximum atomic E-state index is 5.70. The van der Waals surface area contributed by atoms with Gasteiger partial charge in [-0.1, -0.05) is 22.4 Å². The largest absolute Gasteiger partial charge is 0.379 e. The van der Waals surface area contributed by atoms with E-state index in [0.717, 1.165) is 19.4 Å². The number of hydrogen-bond acceptors (Lipinski definition) is 2. The van der Waals surface area contributed by atoms with Gasteiger partial charge in [-0.25, -0.2) is 0 Å². The van der Waals surface area contributed by atoms with Gasteiger partial charge in [0.05, 0.1) is 19.3 Å². The van der Waals surface area contributed by atoms with Gasteiger partial charge >= 0.3 is 0 Å². The van der Waals surface area contributed by atoms with E-state index in [9.17, 15) is 0 Å². The molecule has 0 spiro atoms. The van der Waals surface area contributed by atoms with Gasteiger partial charge in [0.25, 0.3) is 0 Å². The van der Waals surface area contributed by atoms with Crippen LogP contribution >= 0.6 is 15.9 Å².